The largest absolute Gasteiger partial charge is 0.465 e. The molecule has 0 fully saturated rings. The minimum atomic E-state index is -0.420. The highest BCUT2D eigenvalue weighted by Crippen LogP contribution is 2.22. The van der Waals surface area contributed by atoms with Crippen LogP contribution in [0.25, 0.3) is 11.4 Å². The fourth-order valence-corrected chi connectivity index (χ4v) is 1.56. The van der Waals surface area contributed by atoms with E-state index in [0.717, 1.165) is 5.69 Å². The number of H-pyrrole nitrogens is 1. The van der Waals surface area contributed by atoms with Gasteiger partial charge in [-0.05, 0) is 6.42 Å². The number of esters is 1. The zero-order valence-electron chi connectivity index (χ0n) is 9.60. The Morgan fingerprint density at radius 2 is 2.29 bits per heavy atom. The summed E-state index contributed by atoms with van der Waals surface area (Å²) in [5.74, 6) is -0.420. The molecule has 0 radical (unpaired) electrons. The number of nitrogens with one attached hydrogen (secondary N) is 1. The fraction of sp³-hybridized carbons (Fsp3) is 0.273. The molecular weight excluding hydrogens is 220 g/mol. The van der Waals surface area contributed by atoms with Crippen LogP contribution in [-0.2, 0) is 11.2 Å². The van der Waals surface area contributed by atoms with Gasteiger partial charge >= 0.3 is 5.97 Å². The molecule has 0 spiro atoms. The highest BCUT2D eigenvalue weighted by molar-refractivity contribution is 5.96. The summed E-state index contributed by atoms with van der Waals surface area (Å²) >= 11 is 0. The van der Waals surface area contributed by atoms with Gasteiger partial charge in [-0.3, -0.25) is 15.1 Å². The molecule has 2 aromatic heterocycles. The van der Waals surface area contributed by atoms with E-state index < -0.39 is 5.97 Å². The summed E-state index contributed by atoms with van der Waals surface area (Å²) in [6.07, 6.45) is 5.34. The van der Waals surface area contributed by atoms with Crippen molar-refractivity contribution in [3.63, 3.8) is 0 Å². The van der Waals surface area contributed by atoms with Crippen molar-refractivity contribution < 1.29 is 9.53 Å². The first-order chi connectivity index (χ1) is 8.27. The molecule has 0 bridgehead atoms. The van der Waals surface area contributed by atoms with Crippen LogP contribution in [0.2, 0.25) is 0 Å². The van der Waals surface area contributed by atoms with Crippen molar-refractivity contribution in [1.82, 2.24) is 20.2 Å². The maximum atomic E-state index is 11.7. The molecule has 17 heavy (non-hydrogen) atoms. The molecule has 0 amide bonds. The Bertz CT molecular complexity index is 522. The lowest BCUT2D eigenvalue weighted by molar-refractivity contribution is 0.0600. The maximum absolute atomic E-state index is 11.7. The van der Waals surface area contributed by atoms with E-state index in [0.29, 0.717) is 23.4 Å². The zero-order chi connectivity index (χ0) is 12.3. The SMILES string of the molecule is CCc1[nH]nc(-c2cnccn2)c1C(=O)OC. The number of methoxy groups -OCH3 is 1. The van der Waals surface area contributed by atoms with Crippen molar-refractivity contribution in [2.24, 2.45) is 0 Å². The number of hydrogen-bond donors (Lipinski definition) is 1. The van der Waals surface area contributed by atoms with Gasteiger partial charge in [0.25, 0.3) is 0 Å². The predicted molar refractivity (Wildman–Crippen MR) is 60.3 cm³/mol. The topological polar surface area (TPSA) is 80.8 Å². The number of nitrogens with zero attached hydrogens (tertiary/aromatic N) is 3. The van der Waals surface area contributed by atoms with Crippen LogP contribution in [0.5, 0.6) is 0 Å². The lowest BCUT2D eigenvalue weighted by Gasteiger charge is -2.01. The first kappa shape index (κ1) is 11.3. The van der Waals surface area contributed by atoms with Crippen LogP contribution in [0.4, 0.5) is 0 Å². The molecule has 0 aliphatic heterocycles. The summed E-state index contributed by atoms with van der Waals surface area (Å²) in [7, 11) is 1.34. The number of aromatic amines is 1. The summed E-state index contributed by atoms with van der Waals surface area (Å²) in [5.41, 5.74) is 2.18. The third-order valence-corrected chi connectivity index (χ3v) is 2.39. The Labute approximate surface area is 98.1 Å². The summed E-state index contributed by atoms with van der Waals surface area (Å²) in [6, 6.07) is 0. The maximum Gasteiger partial charge on any atom is 0.342 e. The van der Waals surface area contributed by atoms with Crippen molar-refractivity contribution in [3.05, 3.63) is 29.8 Å². The molecule has 0 atom stereocenters. The molecule has 0 aliphatic rings. The summed E-state index contributed by atoms with van der Waals surface area (Å²) in [6.45, 7) is 1.93. The Balaban J connectivity index is 2.55. The van der Waals surface area contributed by atoms with Gasteiger partial charge in [0, 0.05) is 12.4 Å². The average molecular weight is 232 g/mol. The van der Waals surface area contributed by atoms with Gasteiger partial charge in [-0.2, -0.15) is 5.10 Å². The molecule has 0 saturated heterocycles. The lowest BCUT2D eigenvalue weighted by atomic mass is 10.1. The standard InChI is InChI=1S/C11H12N4O2/c1-3-7-9(11(16)17-2)10(15-14-7)8-6-12-4-5-13-8/h4-6H,3H2,1-2H3,(H,14,15). The van der Waals surface area contributed by atoms with Crippen molar-refractivity contribution in [1.29, 1.82) is 0 Å². The van der Waals surface area contributed by atoms with Crippen molar-refractivity contribution in [2.75, 3.05) is 7.11 Å². The summed E-state index contributed by atoms with van der Waals surface area (Å²) in [5, 5.41) is 6.92. The van der Waals surface area contributed by atoms with E-state index >= 15 is 0 Å². The molecular formula is C11H12N4O2. The van der Waals surface area contributed by atoms with Crippen LogP contribution in [0.15, 0.2) is 18.6 Å². The Morgan fingerprint density at radius 3 is 2.88 bits per heavy atom. The molecule has 2 heterocycles. The first-order valence-electron chi connectivity index (χ1n) is 5.19. The zero-order valence-corrected chi connectivity index (χ0v) is 9.60. The molecule has 88 valence electrons. The van der Waals surface area contributed by atoms with Crippen LogP contribution >= 0.6 is 0 Å². The molecule has 6 nitrogen and oxygen atoms in total. The molecule has 0 aliphatic carbocycles. The van der Waals surface area contributed by atoms with Gasteiger partial charge in [0.15, 0.2) is 0 Å². The van der Waals surface area contributed by atoms with Crippen molar-refractivity contribution >= 4 is 5.97 Å². The predicted octanol–water partition coefficient (Wildman–Crippen LogP) is 1.22. The van der Waals surface area contributed by atoms with E-state index in [1.165, 1.54) is 7.11 Å². The van der Waals surface area contributed by atoms with Gasteiger partial charge in [0.05, 0.1) is 19.0 Å². The van der Waals surface area contributed by atoms with Gasteiger partial charge in [0.2, 0.25) is 0 Å². The van der Waals surface area contributed by atoms with Gasteiger partial charge in [-0.15, -0.1) is 0 Å². The van der Waals surface area contributed by atoms with E-state index in [4.69, 9.17) is 4.74 Å². The lowest BCUT2D eigenvalue weighted by Crippen LogP contribution is -2.05. The minimum absolute atomic E-state index is 0.420. The third-order valence-electron chi connectivity index (χ3n) is 2.39. The number of carbonyl (C=O) groups is 1. The van der Waals surface area contributed by atoms with Crippen molar-refractivity contribution in [2.45, 2.75) is 13.3 Å². The fourth-order valence-electron chi connectivity index (χ4n) is 1.56. The molecule has 0 aromatic carbocycles. The van der Waals surface area contributed by atoms with Gasteiger partial charge in [0.1, 0.15) is 17.0 Å². The van der Waals surface area contributed by atoms with Crippen molar-refractivity contribution in [3.8, 4) is 11.4 Å². The number of rotatable bonds is 3. The molecule has 0 saturated carbocycles. The quantitative estimate of drug-likeness (QED) is 0.804. The third kappa shape index (κ3) is 2.01. The van der Waals surface area contributed by atoms with E-state index in [9.17, 15) is 4.79 Å². The van der Waals surface area contributed by atoms with Crippen LogP contribution < -0.4 is 0 Å². The van der Waals surface area contributed by atoms with Gasteiger partial charge in [-0.25, -0.2) is 4.79 Å². The van der Waals surface area contributed by atoms with E-state index in [1.807, 2.05) is 6.92 Å². The molecule has 2 rings (SSSR count). The Hall–Kier alpha value is -2.24. The highest BCUT2D eigenvalue weighted by Gasteiger charge is 2.21. The average Bonchev–Trinajstić information content (AvgIpc) is 2.82. The van der Waals surface area contributed by atoms with Crippen LogP contribution in [-0.4, -0.2) is 33.2 Å². The van der Waals surface area contributed by atoms with Crippen LogP contribution in [0.3, 0.4) is 0 Å². The second kappa shape index (κ2) is 4.73. The number of aromatic nitrogens is 4. The van der Waals surface area contributed by atoms with Crippen LogP contribution in [0, 0.1) is 0 Å². The second-order valence-corrected chi connectivity index (χ2v) is 3.36. The van der Waals surface area contributed by atoms with Gasteiger partial charge < -0.3 is 4.74 Å². The van der Waals surface area contributed by atoms with Gasteiger partial charge in [-0.1, -0.05) is 6.92 Å². The van der Waals surface area contributed by atoms with E-state index in [-0.39, 0.29) is 0 Å². The van der Waals surface area contributed by atoms with E-state index in [2.05, 4.69) is 20.2 Å². The Morgan fingerprint density at radius 1 is 1.47 bits per heavy atom. The molecule has 6 heteroatoms. The van der Waals surface area contributed by atoms with Crippen LogP contribution in [0.1, 0.15) is 23.0 Å². The highest BCUT2D eigenvalue weighted by atomic mass is 16.5. The smallest absolute Gasteiger partial charge is 0.342 e. The first-order valence-corrected chi connectivity index (χ1v) is 5.19. The number of carbonyl (C=O) groups excluding carboxylic acids is 1. The second-order valence-electron chi connectivity index (χ2n) is 3.36. The molecule has 1 N–H and O–H groups in total. The number of ether oxygens (including phenoxy) is 1. The summed E-state index contributed by atoms with van der Waals surface area (Å²) in [4.78, 5) is 19.8. The normalized spacial score (nSPS) is 10.2. The summed E-state index contributed by atoms with van der Waals surface area (Å²) < 4.78 is 4.75. The molecule has 2 aromatic rings. The number of aryl methyl sites for hydroxylation is 1. The Kier molecular flexibility index (Phi) is 3.13. The minimum Gasteiger partial charge on any atom is -0.465 e. The number of hydrogen-bond acceptors (Lipinski definition) is 5. The van der Waals surface area contributed by atoms with E-state index in [1.54, 1.807) is 18.6 Å². The monoisotopic (exact) mass is 232 g/mol. The molecule has 0 unspecified atom stereocenters.